The van der Waals surface area contributed by atoms with Gasteiger partial charge in [-0.3, -0.25) is 4.90 Å². The number of hydrogen-bond donors (Lipinski definition) is 0. The first-order valence-electron chi connectivity index (χ1n) is 6.28. The molecule has 19 heavy (non-hydrogen) atoms. The topological polar surface area (TPSA) is 45.4 Å². The summed E-state index contributed by atoms with van der Waals surface area (Å²) >= 11 is 5.89. The van der Waals surface area contributed by atoms with E-state index in [2.05, 4.69) is 19.8 Å². The average molecular weight is 279 g/mol. The standard InChI is InChI=1S/C13H15ClN4O/c14-12-8-13(16-10-15-12)18-5-3-17(4-6-18)9-11-2-1-7-19-11/h1-2,7-8,10H,3-6,9H2. The van der Waals surface area contributed by atoms with Crippen LogP contribution in [-0.4, -0.2) is 41.0 Å². The number of anilines is 1. The van der Waals surface area contributed by atoms with E-state index in [4.69, 9.17) is 16.0 Å². The van der Waals surface area contributed by atoms with Gasteiger partial charge in [0.1, 0.15) is 23.1 Å². The molecular formula is C13H15ClN4O. The fourth-order valence-corrected chi connectivity index (χ4v) is 2.40. The Kier molecular flexibility index (Phi) is 3.66. The van der Waals surface area contributed by atoms with Crippen molar-refractivity contribution in [1.82, 2.24) is 14.9 Å². The zero-order chi connectivity index (χ0) is 13.1. The summed E-state index contributed by atoms with van der Waals surface area (Å²) in [6, 6.07) is 5.74. The van der Waals surface area contributed by atoms with Crippen LogP contribution in [0.15, 0.2) is 35.2 Å². The number of piperazine rings is 1. The predicted octanol–water partition coefficient (Wildman–Crippen LogP) is 2.05. The van der Waals surface area contributed by atoms with Gasteiger partial charge in [0.15, 0.2) is 0 Å². The first-order valence-corrected chi connectivity index (χ1v) is 6.66. The third-order valence-electron chi connectivity index (χ3n) is 3.28. The van der Waals surface area contributed by atoms with E-state index in [-0.39, 0.29) is 0 Å². The Hall–Kier alpha value is -1.59. The first-order chi connectivity index (χ1) is 9.31. The Labute approximate surface area is 116 Å². The highest BCUT2D eigenvalue weighted by atomic mass is 35.5. The number of rotatable bonds is 3. The highest BCUT2D eigenvalue weighted by molar-refractivity contribution is 6.29. The van der Waals surface area contributed by atoms with Gasteiger partial charge in [0, 0.05) is 32.2 Å². The summed E-state index contributed by atoms with van der Waals surface area (Å²) in [6.45, 7) is 4.72. The molecule has 0 aromatic carbocycles. The van der Waals surface area contributed by atoms with Gasteiger partial charge < -0.3 is 9.32 Å². The summed E-state index contributed by atoms with van der Waals surface area (Å²) in [4.78, 5) is 12.8. The van der Waals surface area contributed by atoms with E-state index < -0.39 is 0 Å². The lowest BCUT2D eigenvalue weighted by Gasteiger charge is -2.34. The molecule has 0 radical (unpaired) electrons. The average Bonchev–Trinajstić information content (AvgIpc) is 2.92. The van der Waals surface area contributed by atoms with Crippen molar-refractivity contribution in [3.63, 3.8) is 0 Å². The molecule has 0 aliphatic carbocycles. The van der Waals surface area contributed by atoms with E-state index in [1.165, 1.54) is 6.33 Å². The highest BCUT2D eigenvalue weighted by Crippen LogP contribution is 2.17. The van der Waals surface area contributed by atoms with Crippen LogP contribution in [0.5, 0.6) is 0 Å². The van der Waals surface area contributed by atoms with E-state index >= 15 is 0 Å². The van der Waals surface area contributed by atoms with Crippen LogP contribution < -0.4 is 4.90 Å². The second-order valence-electron chi connectivity index (χ2n) is 4.54. The molecule has 0 saturated carbocycles. The van der Waals surface area contributed by atoms with Gasteiger partial charge in [-0.05, 0) is 12.1 Å². The van der Waals surface area contributed by atoms with Gasteiger partial charge in [0.05, 0.1) is 12.8 Å². The molecule has 1 aliphatic heterocycles. The maximum absolute atomic E-state index is 5.89. The SMILES string of the molecule is Clc1cc(N2CCN(Cc3ccco3)CC2)ncn1. The van der Waals surface area contributed by atoms with Crippen LogP contribution >= 0.6 is 11.6 Å². The zero-order valence-corrected chi connectivity index (χ0v) is 11.3. The van der Waals surface area contributed by atoms with Crippen molar-refractivity contribution in [1.29, 1.82) is 0 Å². The Morgan fingerprint density at radius 2 is 2.05 bits per heavy atom. The van der Waals surface area contributed by atoms with E-state index in [1.807, 2.05) is 18.2 Å². The van der Waals surface area contributed by atoms with Gasteiger partial charge in [-0.1, -0.05) is 11.6 Å². The summed E-state index contributed by atoms with van der Waals surface area (Å²) < 4.78 is 5.37. The smallest absolute Gasteiger partial charge is 0.134 e. The maximum atomic E-state index is 5.89. The van der Waals surface area contributed by atoms with Crippen LogP contribution in [0.2, 0.25) is 5.15 Å². The fraction of sp³-hybridized carbons (Fsp3) is 0.385. The van der Waals surface area contributed by atoms with Gasteiger partial charge in [-0.25, -0.2) is 9.97 Å². The molecule has 3 heterocycles. The second-order valence-corrected chi connectivity index (χ2v) is 4.93. The van der Waals surface area contributed by atoms with Gasteiger partial charge >= 0.3 is 0 Å². The Balaban J connectivity index is 1.57. The van der Waals surface area contributed by atoms with Gasteiger partial charge in [-0.2, -0.15) is 0 Å². The van der Waals surface area contributed by atoms with Crippen molar-refractivity contribution >= 4 is 17.4 Å². The molecule has 100 valence electrons. The molecule has 6 heteroatoms. The monoisotopic (exact) mass is 278 g/mol. The van der Waals surface area contributed by atoms with Crippen molar-refractivity contribution in [3.05, 3.63) is 41.7 Å². The van der Waals surface area contributed by atoms with Gasteiger partial charge in [0.25, 0.3) is 0 Å². The number of furan rings is 1. The molecule has 1 fully saturated rings. The molecular weight excluding hydrogens is 264 g/mol. The highest BCUT2D eigenvalue weighted by Gasteiger charge is 2.18. The predicted molar refractivity (Wildman–Crippen MR) is 73.2 cm³/mol. The molecule has 1 aliphatic rings. The molecule has 1 saturated heterocycles. The quantitative estimate of drug-likeness (QED) is 0.804. The molecule has 0 N–H and O–H groups in total. The first kappa shape index (κ1) is 12.4. The summed E-state index contributed by atoms with van der Waals surface area (Å²) in [6.07, 6.45) is 3.22. The summed E-state index contributed by atoms with van der Waals surface area (Å²) in [5.41, 5.74) is 0. The zero-order valence-electron chi connectivity index (χ0n) is 10.5. The second kappa shape index (κ2) is 5.59. The maximum Gasteiger partial charge on any atom is 0.134 e. The van der Waals surface area contributed by atoms with Crippen molar-refractivity contribution < 1.29 is 4.42 Å². The summed E-state index contributed by atoms with van der Waals surface area (Å²) in [7, 11) is 0. The van der Waals surface area contributed by atoms with E-state index in [1.54, 1.807) is 6.26 Å². The van der Waals surface area contributed by atoms with E-state index in [9.17, 15) is 0 Å². The van der Waals surface area contributed by atoms with Crippen LogP contribution in [0.1, 0.15) is 5.76 Å². The molecule has 0 amide bonds. The number of aromatic nitrogens is 2. The molecule has 0 atom stereocenters. The van der Waals surface area contributed by atoms with E-state index in [0.29, 0.717) is 5.15 Å². The van der Waals surface area contributed by atoms with Crippen molar-refractivity contribution in [3.8, 4) is 0 Å². The van der Waals surface area contributed by atoms with Crippen LogP contribution in [0.25, 0.3) is 0 Å². The van der Waals surface area contributed by atoms with Crippen LogP contribution in [-0.2, 0) is 6.54 Å². The minimum absolute atomic E-state index is 0.489. The largest absolute Gasteiger partial charge is 0.468 e. The summed E-state index contributed by atoms with van der Waals surface area (Å²) in [5.74, 6) is 1.91. The Morgan fingerprint density at radius 3 is 2.74 bits per heavy atom. The molecule has 0 spiro atoms. The lowest BCUT2D eigenvalue weighted by atomic mass is 10.3. The van der Waals surface area contributed by atoms with Gasteiger partial charge in [-0.15, -0.1) is 0 Å². The third kappa shape index (κ3) is 3.05. The Bertz CT molecular complexity index is 523. The minimum Gasteiger partial charge on any atom is -0.468 e. The van der Waals surface area contributed by atoms with Crippen molar-refractivity contribution in [2.24, 2.45) is 0 Å². The molecule has 2 aromatic rings. The normalized spacial score (nSPS) is 16.8. The molecule has 0 unspecified atom stereocenters. The number of hydrogen-bond acceptors (Lipinski definition) is 5. The Morgan fingerprint density at radius 1 is 1.21 bits per heavy atom. The lowest BCUT2D eigenvalue weighted by molar-refractivity contribution is 0.230. The number of nitrogens with zero attached hydrogens (tertiary/aromatic N) is 4. The molecule has 0 bridgehead atoms. The molecule has 3 rings (SSSR count). The van der Waals surface area contributed by atoms with Crippen molar-refractivity contribution in [2.45, 2.75) is 6.54 Å². The molecule has 5 nitrogen and oxygen atoms in total. The molecule has 2 aromatic heterocycles. The lowest BCUT2D eigenvalue weighted by Crippen LogP contribution is -2.46. The third-order valence-corrected chi connectivity index (χ3v) is 3.48. The van der Waals surface area contributed by atoms with Crippen molar-refractivity contribution in [2.75, 3.05) is 31.1 Å². The van der Waals surface area contributed by atoms with Crippen LogP contribution in [0, 0.1) is 0 Å². The van der Waals surface area contributed by atoms with Gasteiger partial charge in [0.2, 0.25) is 0 Å². The fourth-order valence-electron chi connectivity index (χ4n) is 2.26. The van der Waals surface area contributed by atoms with Crippen LogP contribution in [0.4, 0.5) is 5.82 Å². The minimum atomic E-state index is 0.489. The summed E-state index contributed by atoms with van der Waals surface area (Å²) in [5, 5.41) is 0.489. The number of halogens is 1. The van der Waals surface area contributed by atoms with Crippen LogP contribution in [0.3, 0.4) is 0 Å². The van der Waals surface area contributed by atoms with E-state index in [0.717, 1.165) is 44.3 Å².